The van der Waals surface area contributed by atoms with Crippen LogP contribution in [0, 0.1) is 6.07 Å². The quantitative estimate of drug-likeness (QED) is 0.785. The molecule has 0 aromatic heterocycles. The third-order valence-electron chi connectivity index (χ3n) is 3.15. The summed E-state index contributed by atoms with van der Waals surface area (Å²) in [7, 11) is 0. The molecule has 1 fully saturated rings. The van der Waals surface area contributed by atoms with Crippen LogP contribution in [0.1, 0.15) is 17.5 Å². The maximum absolute atomic E-state index is 3.12. The van der Waals surface area contributed by atoms with E-state index in [1.807, 2.05) is 12.1 Å². The maximum atomic E-state index is 3.12. The van der Waals surface area contributed by atoms with Gasteiger partial charge in [0.2, 0.25) is 0 Å². The summed E-state index contributed by atoms with van der Waals surface area (Å²) in [6.45, 7) is 0. The Kier molecular flexibility index (Phi) is 3.67. The van der Waals surface area contributed by atoms with Crippen LogP contribution in [0.5, 0.6) is 0 Å². The molecule has 0 nitrogen and oxygen atoms in total. The van der Waals surface area contributed by atoms with Crippen LogP contribution in [0.25, 0.3) is 0 Å². The predicted molar refractivity (Wildman–Crippen MR) is 82.0 cm³/mol. The van der Waals surface area contributed by atoms with Gasteiger partial charge in [0.1, 0.15) is 4.08 Å². The van der Waals surface area contributed by atoms with Crippen molar-refractivity contribution < 1.29 is 0 Å². The Morgan fingerprint density at radius 3 is 2.11 bits per heavy atom. The molecule has 1 radical (unpaired) electrons. The molecule has 0 spiro atoms. The highest BCUT2D eigenvalue weighted by Gasteiger charge is 2.37. The minimum Gasteiger partial charge on any atom is -0.135 e. The van der Waals surface area contributed by atoms with Crippen molar-refractivity contribution in [3.05, 3.63) is 71.8 Å². The van der Waals surface area contributed by atoms with Gasteiger partial charge in [0.25, 0.3) is 0 Å². The van der Waals surface area contributed by atoms with Crippen molar-refractivity contribution in [3.63, 3.8) is 0 Å². The molecular formula is C16H15S2. The molecule has 1 saturated heterocycles. The van der Waals surface area contributed by atoms with Gasteiger partial charge >= 0.3 is 0 Å². The van der Waals surface area contributed by atoms with Crippen LogP contribution in [0.2, 0.25) is 0 Å². The van der Waals surface area contributed by atoms with E-state index in [1.165, 1.54) is 29.1 Å². The fourth-order valence-corrected chi connectivity index (χ4v) is 5.68. The summed E-state index contributed by atoms with van der Waals surface area (Å²) in [5.74, 6) is 2.47. The van der Waals surface area contributed by atoms with Crippen LogP contribution in [0.3, 0.4) is 0 Å². The minimum atomic E-state index is 0.0780. The Hall–Kier alpha value is -0.860. The van der Waals surface area contributed by atoms with Gasteiger partial charge < -0.3 is 0 Å². The number of rotatable bonds is 2. The first kappa shape index (κ1) is 12.2. The Morgan fingerprint density at radius 1 is 0.833 bits per heavy atom. The lowest BCUT2D eigenvalue weighted by Crippen LogP contribution is -2.24. The zero-order valence-electron chi connectivity index (χ0n) is 10.1. The normalized spacial score (nSPS) is 18.4. The molecule has 3 rings (SSSR count). The largest absolute Gasteiger partial charge is 0.135 e. The molecule has 0 unspecified atom stereocenters. The summed E-state index contributed by atoms with van der Waals surface area (Å²) in [5.41, 5.74) is 2.80. The highest BCUT2D eigenvalue weighted by atomic mass is 32.2. The third-order valence-corrected chi connectivity index (χ3v) is 6.60. The van der Waals surface area contributed by atoms with Crippen molar-refractivity contribution in [2.45, 2.75) is 10.5 Å². The van der Waals surface area contributed by atoms with Crippen molar-refractivity contribution in [1.82, 2.24) is 0 Å². The molecule has 18 heavy (non-hydrogen) atoms. The van der Waals surface area contributed by atoms with E-state index in [4.69, 9.17) is 0 Å². The Labute approximate surface area is 117 Å². The highest BCUT2D eigenvalue weighted by Crippen LogP contribution is 2.54. The average Bonchev–Trinajstić information content (AvgIpc) is 2.50. The van der Waals surface area contributed by atoms with Gasteiger partial charge in [-0.3, -0.25) is 0 Å². The second-order valence-electron chi connectivity index (χ2n) is 4.32. The molecule has 0 saturated carbocycles. The smallest absolute Gasteiger partial charge is 0.111 e. The molecular weight excluding hydrogens is 256 g/mol. The van der Waals surface area contributed by atoms with E-state index in [2.05, 4.69) is 72.1 Å². The van der Waals surface area contributed by atoms with Gasteiger partial charge in [-0.05, 0) is 35.1 Å². The molecule has 0 aliphatic carbocycles. The SMILES string of the molecule is [c]1ccc(C2(c3ccccc3)SCCCS2)cc1. The van der Waals surface area contributed by atoms with Gasteiger partial charge in [-0.25, -0.2) is 0 Å². The molecule has 2 aromatic rings. The zero-order chi connectivity index (χ0) is 12.3. The van der Waals surface area contributed by atoms with Crippen LogP contribution < -0.4 is 0 Å². The lowest BCUT2D eigenvalue weighted by atomic mass is 10.0. The number of hydrogen-bond acceptors (Lipinski definition) is 2. The van der Waals surface area contributed by atoms with E-state index in [0.29, 0.717) is 0 Å². The van der Waals surface area contributed by atoms with Crippen LogP contribution in [-0.2, 0) is 4.08 Å². The summed E-state index contributed by atoms with van der Waals surface area (Å²) in [6, 6.07) is 22.5. The van der Waals surface area contributed by atoms with Crippen molar-refractivity contribution in [1.29, 1.82) is 0 Å². The molecule has 1 aliphatic rings. The first-order chi connectivity index (χ1) is 8.92. The van der Waals surface area contributed by atoms with Gasteiger partial charge in [-0.2, -0.15) is 0 Å². The number of benzene rings is 2. The molecule has 1 aliphatic heterocycles. The van der Waals surface area contributed by atoms with Crippen molar-refractivity contribution in [2.75, 3.05) is 11.5 Å². The maximum Gasteiger partial charge on any atom is 0.111 e. The second kappa shape index (κ2) is 5.41. The summed E-state index contributed by atoms with van der Waals surface area (Å²) >= 11 is 4.13. The van der Waals surface area contributed by atoms with Gasteiger partial charge in [0, 0.05) is 0 Å². The summed E-state index contributed by atoms with van der Waals surface area (Å²) in [6.07, 6.45) is 1.31. The van der Waals surface area contributed by atoms with Gasteiger partial charge in [-0.1, -0.05) is 54.6 Å². The lowest BCUT2D eigenvalue weighted by Gasteiger charge is -2.37. The summed E-state index contributed by atoms with van der Waals surface area (Å²) < 4.78 is 0.0780. The van der Waals surface area contributed by atoms with Crippen molar-refractivity contribution in [3.8, 4) is 0 Å². The van der Waals surface area contributed by atoms with Crippen LogP contribution >= 0.6 is 23.5 Å². The summed E-state index contributed by atoms with van der Waals surface area (Å²) in [5, 5.41) is 0. The van der Waals surface area contributed by atoms with E-state index in [0.717, 1.165) is 0 Å². The van der Waals surface area contributed by atoms with Crippen molar-refractivity contribution >= 4 is 23.5 Å². The fourth-order valence-electron chi connectivity index (χ4n) is 2.30. The van der Waals surface area contributed by atoms with E-state index < -0.39 is 0 Å². The first-order valence-electron chi connectivity index (χ1n) is 6.22. The number of thioether (sulfide) groups is 2. The molecule has 2 aromatic carbocycles. The number of hydrogen-bond donors (Lipinski definition) is 0. The summed E-state index contributed by atoms with van der Waals surface area (Å²) in [4.78, 5) is 0. The van der Waals surface area contributed by atoms with E-state index in [1.54, 1.807) is 0 Å². The molecule has 0 N–H and O–H groups in total. The van der Waals surface area contributed by atoms with Gasteiger partial charge in [0.05, 0.1) is 0 Å². The zero-order valence-corrected chi connectivity index (χ0v) is 11.8. The van der Waals surface area contributed by atoms with E-state index in [9.17, 15) is 0 Å². The highest BCUT2D eigenvalue weighted by molar-refractivity contribution is 8.18. The van der Waals surface area contributed by atoms with E-state index in [-0.39, 0.29) is 4.08 Å². The second-order valence-corrected chi connectivity index (χ2v) is 7.20. The molecule has 0 amide bonds. The fraction of sp³-hybridized carbons (Fsp3) is 0.250. The lowest BCUT2D eigenvalue weighted by molar-refractivity contribution is 1.00. The van der Waals surface area contributed by atoms with Crippen LogP contribution in [0.15, 0.2) is 54.6 Å². The van der Waals surface area contributed by atoms with Crippen LogP contribution in [-0.4, -0.2) is 11.5 Å². The minimum absolute atomic E-state index is 0.0780. The topological polar surface area (TPSA) is 0 Å². The molecule has 2 heteroatoms. The standard InChI is InChI=1S/C16H15S2/c1-3-8-14(9-4-1)16(17-12-7-13-18-16)15-10-5-2-6-11-15/h1,3-6,8-11H,7,12-13H2. The predicted octanol–water partition coefficient (Wildman–Crippen LogP) is 4.56. The molecule has 0 atom stereocenters. The molecule has 1 heterocycles. The first-order valence-corrected chi connectivity index (χ1v) is 8.19. The Morgan fingerprint density at radius 2 is 1.44 bits per heavy atom. The average molecular weight is 271 g/mol. The monoisotopic (exact) mass is 271 g/mol. The molecule has 91 valence electrons. The van der Waals surface area contributed by atoms with Crippen LogP contribution in [0.4, 0.5) is 0 Å². The third kappa shape index (κ3) is 2.19. The molecule has 0 bridgehead atoms. The van der Waals surface area contributed by atoms with E-state index >= 15 is 0 Å². The van der Waals surface area contributed by atoms with Gasteiger partial charge in [-0.15, -0.1) is 23.5 Å². The Balaban J connectivity index is 2.10. The van der Waals surface area contributed by atoms with Gasteiger partial charge in [0.15, 0.2) is 0 Å². The van der Waals surface area contributed by atoms with Crippen molar-refractivity contribution in [2.24, 2.45) is 0 Å². The Bertz CT molecular complexity index is 446.